The second kappa shape index (κ2) is 6.40. The van der Waals surface area contributed by atoms with Gasteiger partial charge in [0.15, 0.2) is 0 Å². The number of ether oxygens (including phenoxy) is 1. The highest BCUT2D eigenvalue weighted by Gasteiger charge is 2.23. The lowest BCUT2D eigenvalue weighted by molar-refractivity contribution is -0.128. The molecular formula is C11H14ClNO2. The van der Waals surface area contributed by atoms with Crippen molar-refractivity contribution in [2.75, 3.05) is 6.61 Å². The number of hydrogen-bond acceptors (Lipinski definition) is 3. The molecule has 82 valence electrons. The van der Waals surface area contributed by atoms with Gasteiger partial charge in [-0.15, -0.1) is 0 Å². The van der Waals surface area contributed by atoms with E-state index in [1.165, 1.54) is 18.4 Å². The highest BCUT2D eigenvalue weighted by Crippen LogP contribution is 2.39. The summed E-state index contributed by atoms with van der Waals surface area (Å²) in [5.41, 5.74) is 1.34. The van der Waals surface area contributed by atoms with Crippen LogP contribution in [-0.4, -0.2) is 18.1 Å². The Bertz CT molecular complexity index is 296. The van der Waals surface area contributed by atoms with Crippen LogP contribution in [0.5, 0.6) is 0 Å². The van der Waals surface area contributed by atoms with Crippen molar-refractivity contribution in [3.63, 3.8) is 0 Å². The minimum Gasteiger partial charge on any atom is -0.468 e. The Morgan fingerprint density at radius 3 is 2.67 bits per heavy atom. The molecule has 0 aromatic carbocycles. The Labute approximate surface area is 94.4 Å². The fourth-order valence-electron chi connectivity index (χ4n) is 1.11. The molecule has 0 radical (unpaired) electrons. The van der Waals surface area contributed by atoms with E-state index in [1.54, 1.807) is 6.92 Å². The minimum absolute atomic E-state index is 0.431. The van der Waals surface area contributed by atoms with E-state index < -0.39 is 0 Å². The average molecular weight is 228 g/mol. The molecule has 0 saturated heterocycles. The lowest BCUT2D eigenvalue weighted by Crippen LogP contribution is -1.80. The lowest BCUT2D eigenvalue weighted by atomic mass is 10.2. The third kappa shape index (κ3) is 4.79. The summed E-state index contributed by atoms with van der Waals surface area (Å²) in [6, 6.07) is 3.92. The summed E-state index contributed by atoms with van der Waals surface area (Å²) in [6.45, 7) is 2.66. The first kappa shape index (κ1) is 12.0. The molecule has 0 aliphatic heterocycles. The standard InChI is InChI=1S/C8H8ClN.C3H6O2/c9-8-4-3-7(5-10-8)6-1-2-6;1-2-5-3-4/h3-6H,1-2H2;3H,2H2,1H3. The predicted octanol–water partition coefficient (Wildman–Crippen LogP) is 2.79. The van der Waals surface area contributed by atoms with Gasteiger partial charge >= 0.3 is 0 Å². The van der Waals surface area contributed by atoms with E-state index in [-0.39, 0.29) is 0 Å². The van der Waals surface area contributed by atoms with E-state index in [1.807, 2.05) is 12.3 Å². The van der Waals surface area contributed by atoms with Crippen LogP contribution in [-0.2, 0) is 9.53 Å². The van der Waals surface area contributed by atoms with E-state index >= 15 is 0 Å². The number of rotatable bonds is 3. The highest BCUT2D eigenvalue weighted by atomic mass is 35.5. The fraction of sp³-hybridized carbons (Fsp3) is 0.455. The first-order valence-electron chi connectivity index (χ1n) is 4.94. The molecule has 1 aromatic rings. The van der Waals surface area contributed by atoms with Crippen LogP contribution in [0.1, 0.15) is 31.2 Å². The van der Waals surface area contributed by atoms with E-state index in [4.69, 9.17) is 11.6 Å². The van der Waals surface area contributed by atoms with Crippen LogP contribution in [0, 0.1) is 0 Å². The Kier molecular flexibility index (Phi) is 5.12. The molecule has 1 aliphatic rings. The number of hydrogen-bond donors (Lipinski definition) is 0. The first-order valence-corrected chi connectivity index (χ1v) is 5.32. The monoisotopic (exact) mass is 227 g/mol. The van der Waals surface area contributed by atoms with Crippen molar-refractivity contribution in [2.24, 2.45) is 0 Å². The lowest BCUT2D eigenvalue weighted by Gasteiger charge is -1.94. The van der Waals surface area contributed by atoms with E-state index in [0.29, 0.717) is 18.2 Å². The summed E-state index contributed by atoms with van der Waals surface area (Å²) >= 11 is 5.63. The molecule has 0 N–H and O–H groups in total. The molecule has 0 bridgehead atoms. The molecule has 4 heteroatoms. The SMILES string of the molecule is CCOC=O.Clc1ccc(C2CC2)cn1. The van der Waals surface area contributed by atoms with Gasteiger partial charge in [-0.05, 0) is 37.3 Å². The normalized spacial score (nSPS) is 13.7. The van der Waals surface area contributed by atoms with Crippen LogP contribution in [0.25, 0.3) is 0 Å². The Hall–Kier alpha value is -1.09. The largest absolute Gasteiger partial charge is 0.468 e. The van der Waals surface area contributed by atoms with Gasteiger partial charge in [-0.1, -0.05) is 17.7 Å². The number of pyridine rings is 1. The van der Waals surface area contributed by atoms with Crippen molar-refractivity contribution in [2.45, 2.75) is 25.7 Å². The van der Waals surface area contributed by atoms with Crippen molar-refractivity contribution >= 4 is 18.1 Å². The molecule has 1 heterocycles. The molecule has 0 amide bonds. The van der Waals surface area contributed by atoms with Gasteiger partial charge in [0.05, 0.1) is 6.61 Å². The average Bonchev–Trinajstić information content (AvgIpc) is 3.05. The number of aromatic nitrogens is 1. The van der Waals surface area contributed by atoms with Crippen LogP contribution >= 0.6 is 11.6 Å². The van der Waals surface area contributed by atoms with E-state index in [9.17, 15) is 4.79 Å². The zero-order chi connectivity index (χ0) is 11.1. The summed E-state index contributed by atoms with van der Waals surface area (Å²) in [5.74, 6) is 0.782. The van der Waals surface area contributed by atoms with Crippen LogP contribution < -0.4 is 0 Å². The van der Waals surface area contributed by atoms with Gasteiger partial charge in [0.1, 0.15) is 5.15 Å². The maximum absolute atomic E-state index is 9.18. The quantitative estimate of drug-likeness (QED) is 0.589. The molecule has 15 heavy (non-hydrogen) atoms. The maximum atomic E-state index is 9.18. The van der Waals surface area contributed by atoms with Crippen molar-refractivity contribution in [1.82, 2.24) is 4.98 Å². The summed E-state index contributed by atoms with van der Waals surface area (Å²) in [4.78, 5) is 13.2. The molecular weight excluding hydrogens is 214 g/mol. The summed E-state index contributed by atoms with van der Waals surface area (Å²) in [7, 11) is 0. The first-order chi connectivity index (χ1) is 7.27. The molecule has 3 nitrogen and oxygen atoms in total. The third-order valence-electron chi connectivity index (χ3n) is 2.03. The van der Waals surface area contributed by atoms with Gasteiger partial charge in [-0.2, -0.15) is 0 Å². The van der Waals surface area contributed by atoms with Crippen LogP contribution in [0.2, 0.25) is 5.15 Å². The predicted molar refractivity (Wildman–Crippen MR) is 58.9 cm³/mol. The molecule has 0 atom stereocenters. The summed E-state index contributed by atoms with van der Waals surface area (Å²) in [5, 5.41) is 0.587. The minimum atomic E-state index is 0.431. The van der Waals surface area contributed by atoms with Crippen molar-refractivity contribution < 1.29 is 9.53 Å². The molecule has 1 aromatic heterocycles. The summed E-state index contributed by atoms with van der Waals surface area (Å²) < 4.78 is 4.15. The van der Waals surface area contributed by atoms with Crippen LogP contribution in [0.15, 0.2) is 18.3 Å². The maximum Gasteiger partial charge on any atom is 0.293 e. The molecule has 2 rings (SSSR count). The third-order valence-corrected chi connectivity index (χ3v) is 2.26. The van der Waals surface area contributed by atoms with Gasteiger partial charge in [0.25, 0.3) is 6.47 Å². The Balaban J connectivity index is 0.000000195. The topological polar surface area (TPSA) is 39.2 Å². The van der Waals surface area contributed by atoms with Gasteiger partial charge in [-0.25, -0.2) is 4.98 Å². The van der Waals surface area contributed by atoms with Crippen molar-refractivity contribution in [1.29, 1.82) is 0 Å². The van der Waals surface area contributed by atoms with E-state index in [0.717, 1.165) is 5.92 Å². The zero-order valence-corrected chi connectivity index (χ0v) is 9.41. The number of carbonyl (C=O) groups excluding carboxylic acids is 1. The second-order valence-corrected chi connectivity index (χ2v) is 3.63. The van der Waals surface area contributed by atoms with Gasteiger partial charge in [0, 0.05) is 6.20 Å². The smallest absolute Gasteiger partial charge is 0.293 e. The second-order valence-electron chi connectivity index (χ2n) is 3.24. The van der Waals surface area contributed by atoms with Crippen molar-refractivity contribution in [3.05, 3.63) is 29.0 Å². The molecule has 0 unspecified atom stereocenters. The van der Waals surface area contributed by atoms with Crippen molar-refractivity contribution in [3.8, 4) is 0 Å². The Morgan fingerprint density at radius 1 is 1.60 bits per heavy atom. The molecule has 0 spiro atoms. The van der Waals surface area contributed by atoms with Gasteiger partial charge < -0.3 is 4.74 Å². The Morgan fingerprint density at radius 2 is 2.33 bits per heavy atom. The fourth-order valence-corrected chi connectivity index (χ4v) is 1.23. The van der Waals surface area contributed by atoms with Crippen LogP contribution in [0.4, 0.5) is 0 Å². The number of nitrogens with zero attached hydrogens (tertiary/aromatic N) is 1. The molecule has 1 saturated carbocycles. The van der Waals surface area contributed by atoms with Gasteiger partial charge in [-0.3, -0.25) is 4.79 Å². The van der Waals surface area contributed by atoms with Crippen LogP contribution in [0.3, 0.4) is 0 Å². The number of carbonyl (C=O) groups is 1. The summed E-state index contributed by atoms with van der Waals surface area (Å²) in [6.07, 6.45) is 4.52. The highest BCUT2D eigenvalue weighted by molar-refractivity contribution is 6.29. The molecule has 1 fully saturated rings. The van der Waals surface area contributed by atoms with E-state index in [2.05, 4.69) is 15.8 Å². The molecule has 1 aliphatic carbocycles. The number of halogens is 1. The van der Waals surface area contributed by atoms with Gasteiger partial charge in [0.2, 0.25) is 0 Å². The zero-order valence-electron chi connectivity index (χ0n) is 8.65.